The summed E-state index contributed by atoms with van der Waals surface area (Å²) in [4.78, 5) is 27.4. The third kappa shape index (κ3) is 4.00. The molecule has 0 saturated heterocycles. The Morgan fingerprint density at radius 2 is 2.16 bits per heavy atom. The summed E-state index contributed by atoms with van der Waals surface area (Å²) in [7, 11) is 3.05. The summed E-state index contributed by atoms with van der Waals surface area (Å²) in [6.45, 7) is 4.30. The second-order valence-corrected chi connectivity index (χ2v) is 8.70. The molecule has 0 radical (unpaired) electrons. The fraction of sp³-hybridized carbons (Fsp3) is 0.429. The third-order valence-corrected chi connectivity index (χ3v) is 6.68. The average molecular weight is 445 g/mol. The molecule has 4 rings (SSSR count). The SMILES string of the molecule is CC[C@]1(C)Cc2c(sc3nnn(CC(=O)Nc4ccc(OC)cc4OC)c(=O)c23)CO1. The van der Waals surface area contributed by atoms with E-state index in [1.807, 2.05) is 6.92 Å². The topological polar surface area (TPSA) is 105 Å². The summed E-state index contributed by atoms with van der Waals surface area (Å²) in [6, 6.07) is 5.05. The first-order chi connectivity index (χ1) is 14.9. The van der Waals surface area contributed by atoms with Crippen molar-refractivity contribution in [3.05, 3.63) is 39.0 Å². The second-order valence-electron chi connectivity index (χ2n) is 7.62. The third-order valence-electron chi connectivity index (χ3n) is 5.59. The van der Waals surface area contributed by atoms with E-state index in [1.54, 1.807) is 25.3 Å². The van der Waals surface area contributed by atoms with E-state index >= 15 is 0 Å². The molecule has 3 aromatic rings. The van der Waals surface area contributed by atoms with E-state index in [4.69, 9.17) is 14.2 Å². The zero-order valence-corrected chi connectivity index (χ0v) is 18.7. The van der Waals surface area contributed by atoms with Gasteiger partial charge in [-0.25, -0.2) is 4.68 Å². The van der Waals surface area contributed by atoms with Crippen LogP contribution >= 0.6 is 11.3 Å². The first-order valence-corrected chi connectivity index (χ1v) is 10.7. The Bertz CT molecular complexity index is 1200. The van der Waals surface area contributed by atoms with Gasteiger partial charge in [0.25, 0.3) is 5.56 Å². The Balaban J connectivity index is 1.61. The monoisotopic (exact) mass is 444 g/mol. The van der Waals surface area contributed by atoms with Crippen LogP contribution in [0.4, 0.5) is 5.69 Å². The van der Waals surface area contributed by atoms with Crippen LogP contribution in [0.1, 0.15) is 30.7 Å². The number of fused-ring (bicyclic) bond motifs is 3. The minimum Gasteiger partial charge on any atom is -0.497 e. The van der Waals surface area contributed by atoms with Gasteiger partial charge in [-0.1, -0.05) is 12.1 Å². The number of aromatic nitrogens is 3. The first-order valence-electron chi connectivity index (χ1n) is 9.91. The van der Waals surface area contributed by atoms with Crippen molar-refractivity contribution in [2.24, 2.45) is 0 Å². The molecule has 1 aliphatic rings. The van der Waals surface area contributed by atoms with Crippen molar-refractivity contribution < 1.29 is 19.0 Å². The van der Waals surface area contributed by atoms with E-state index in [9.17, 15) is 9.59 Å². The van der Waals surface area contributed by atoms with Crippen LogP contribution in [-0.2, 0) is 29.1 Å². The number of nitrogens with zero attached hydrogens (tertiary/aromatic N) is 3. The van der Waals surface area contributed by atoms with Crippen molar-refractivity contribution in [2.75, 3.05) is 19.5 Å². The standard InChI is InChI=1S/C21H24N4O5S/c1-5-21(2)9-13-16(11-30-21)31-19-18(13)20(27)25(24-23-19)10-17(26)22-14-7-6-12(28-3)8-15(14)29-4/h6-8H,5,9-11H2,1-4H3,(H,22,26)/t21-/m1/s1. The minimum absolute atomic E-state index is 0.261. The number of nitrogens with one attached hydrogen (secondary N) is 1. The van der Waals surface area contributed by atoms with E-state index in [2.05, 4.69) is 22.6 Å². The lowest BCUT2D eigenvalue weighted by Crippen LogP contribution is -2.35. The number of amides is 1. The number of methoxy groups -OCH3 is 2. The Morgan fingerprint density at radius 3 is 2.87 bits per heavy atom. The van der Waals surface area contributed by atoms with Gasteiger partial charge in [-0.05, 0) is 31.0 Å². The molecule has 9 nitrogen and oxygen atoms in total. The highest BCUT2D eigenvalue weighted by Gasteiger charge is 2.33. The quantitative estimate of drug-likeness (QED) is 0.623. The summed E-state index contributed by atoms with van der Waals surface area (Å²) in [6.07, 6.45) is 1.47. The van der Waals surface area contributed by atoms with Gasteiger partial charge in [0.05, 0.1) is 37.5 Å². The Hall–Kier alpha value is -2.98. The molecule has 164 valence electrons. The zero-order chi connectivity index (χ0) is 22.2. The van der Waals surface area contributed by atoms with E-state index in [0.29, 0.717) is 40.4 Å². The summed E-state index contributed by atoms with van der Waals surface area (Å²) < 4.78 is 17.5. The van der Waals surface area contributed by atoms with Gasteiger partial charge in [-0.15, -0.1) is 16.4 Å². The molecule has 0 saturated carbocycles. The Labute approximate surface area is 182 Å². The van der Waals surface area contributed by atoms with Crippen LogP contribution in [-0.4, -0.2) is 40.7 Å². The molecule has 1 amide bonds. The number of carbonyl (C=O) groups excluding carboxylic acids is 1. The van der Waals surface area contributed by atoms with Gasteiger partial charge in [0.2, 0.25) is 5.91 Å². The van der Waals surface area contributed by atoms with Crippen LogP contribution in [0.25, 0.3) is 10.2 Å². The Kier molecular flexibility index (Phi) is 5.67. The molecule has 31 heavy (non-hydrogen) atoms. The number of thiophene rings is 1. The number of benzene rings is 1. The number of rotatable bonds is 6. The highest BCUT2D eigenvalue weighted by molar-refractivity contribution is 7.18. The Morgan fingerprint density at radius 1 is 1.35 bits per heavy atom. The maximum Gasteiger partial charge on any atom is 0.279 e. The highest BCUT2D eigenvalue weighted by Crippen LogP contribution is 2.37. The van der Waals surface area contributed by atoms with Gasteiger partial charge in [0, 0.05) is 17.4 Å². The molecule has 0 unspecified atom stereocenters. The van der Waals surface area contributed by atoms with Gasteiger partial charge in [0.15, 0.2) is 4.83 Å². The molecule has 1 aliphatic heterocycles. The maximum absolute atomic E-state index is 13.2. The minimum atomic E-state index is -0.412. The van der Waals surface area contributed by atoms with Crippen LogP contribution in [0.3, 0.4) is 0 Å². The van der Waals surface area contributed by atoms with Gasteiger partial charge < -0.3 is 19.5 Å². The van der Waals surface area contributed by atoms with Crippen LogP contribution < -0.4 is 20.3 Å². The molecule has 0 fully saturated rings. The molecule has 1 atom stereocenters. The van der Waals surface area contributed by atoms with Crippen molar-refractivity contribution in [3.8, 4) is 11.5 Å². The largest absolute Gasteiger partial charge is 0.497 e. The molecule has 3 heterocycles. The van der Waals surface area contributed by atoms with Crippen molar-refractivity contribution >= 4 is 33.1 Å². The lowest BCUT2D eigenvalue weighted by Gasteiger charge is -2.32. The predicted octanol–water partition coefficient (Wildman–Crippen LogP) is 2.75. The zero-order valence-electron chi connectivity index (χ0n) is 17.9. The molecule has 10 heteroatoms. The van der Waals surface area contributed by atoms with Gasteiger partial charge in [0.1, 0.15) is 18.0 Å². The van der Waals surface area contributed by atoms with Crippen LogP contribution in [0, 0.1) is 0 Å². The van der Waals surface area contributed by atoms with Gasteiger partial charge >= 0.3 is 0 Å². The summed E-state index contributed by atoms with van der Waals surface area (Å²) in [5.41, 5.74) is 0.796. The highest BCUT2D eigenvalue weighted by atomic mass is 32.1. The molecule has 1 aromatic carbocycles. The smallest absolute Gasteiger partial charge is 0.279 e. The van der Waals surface area contributed by atoms with E-state index in [-0.39, 0.29) is 17.7 Å². The lowest BCUT2D eigenvalue weighted by atomic mass is 9.90. The summed E-state index contributed by atoms with van der Waals surface area (Å²) >= 11 is 1.42. The van der Waals surface area contributed by atoms with Gasteiger partial charge in [-0.3, -0.25) is 9.59 Å². The van der Waals surface area contributed by atoms with Crippen LogP contribution in [0.2, 0.25) is 0 Å². The van der Waals surface area contributed by atoms with Crippen molar-refractivity contribution in [2.45, 2.75) is 45.4 Å². The lowest BCUT2D eigenvalue weighted by molar-refractivity contribution is -0.117. The van der Waals surface area contributed by atoms with Crippen molar-refractivity contribution in [3.63, 3.8) is 0 Å². The van der Waals surface area contributed by atoms with E-state index in [1.165, 1.54) is 18.4 Å². The number of hydrogen-bond acceptors (Lipinski definition) is 8. The molecule has 0 aliphatic carbocycles. The fourth-order valence-corrected chi connectivity index (χ4v) is 4.62. The van der Waals surface area contributed by atoms with Crippen LogP contribution in [0.5, 0.6) is 11.5 Å². The summed E-state index contributed by atoms with van der Waals surface area (Å²) in [5.74, 6) is 0.644. The molecule has 0 spiro atoms. The predicted molar refractivity (Wildman–Crippen MR) is 117 cm³/mol. The number of anilines is 1. The molecule has 1 N–H and O–H groups in total. The number of hydrogen-bond donors (Lipinski definition) is 1. The van der Waals surface area contributed by atoms with Crippen LogP contribution in [0.15, 0.2) is 23.0 Å². The molecular weight excluding hydrogens is 420 g/mol. The summed E-state index contributed by atoms with van der Waals surface area (Å²) in [5, 5.41) is 11.4. The number of carbonyl (C=O) groups is 1. The first kappa shape index (κ1) is 21.3. The van der Waals surface area contributed by atoms with Crippen molar-refractivity contribution in [1.82, 2.24) is 15.0 Å². The normalized spacial score (nSPS) is 17.9. The van der Waals surface area contributed by atoms with Crippen molar-refractivity contribution in [1.29, 1.82) is 0 Å². The molecule has 2 aromatic heterocycles. The van der Waals surface area contributed by atoms with E-state index in [0.717, 1.165) is 21.5 Å². The molecule has 0 bridgehead atoms. The maximum atomic E-state index is 13.2. The number of ether oxygens (including phenoxy) is 3. The fourth-order valence-electron chi connectivity index (χ4n) is 3.58. The second kappa shape index (κ2) is 8.27. The average Bonchev–Trinajstić information content (AvgIpc) is 3.14. The van der Waals surface area contributed by atoms with Gasteiger partial charge in [-0.2, -0.15) is 0 Å². The van der Waals surface area contributed by atoms with E-state index < -0.39 is 5.91 Å². The molecular formula is C21H24N4O5S.